The van der Waals surface area contributed by atoms with Crippen molar-refractivity contribution in [3.05, 3.63) is 34.9 Å². The molecule has 3 rings (SSSR count). The van der Waals surface area contributed by atoms with Crippen LogP contribution >= 0.6 is 11.6 Å². The molecule has 0 radical (unpaired) electrons. The van der Waals surface area contributed by atoms with E-state index in [0.717, 1.165) is 11.1 Å². The van der Waals surface area contributed by atoms with Gasteiger partial charge >= 0.3 is 0 Å². The molecule has 2 fully saturated rings. The minimum absolute atomic E-state index is 0.194. The summed E-state index contributed by atoms with van der Waals surface area (Å²) in [6.45, 7) is 11.9. The summed E-state index contributed by atoms with van der Waals surface area (Å²) in [6.07, 6.45) is 7.61. The Morgan fingerprint density at radius 1 is 0.963 bits per heavy atom. The molecule has 2 aliphatic rings. The fourth-order valence-corrected chi connectivity index (χ4v) is 5.39. The number of piperazine rings is 1. The molecule has 1 aliphatic carbocycles. The van der Waals surface area contributed by atoms with Gasteiger partial charge in [-0.15, -0.1) is 0 Å². The molecule has 4 heteroatoms. The first-order valence-electron chi connectivity index (χ1n) is 11.0. The number of nitrogens with zero attached hydrogens (tertiary/aromatic N) is 3. The van der Waals surface area contributed by atoms with Crippen molar-refractivity contribution >= 4 is 11.6 Å². The van der Waals surface area contributed by atoms with Crippen LogP contribution in [0.1, 0.15) is 57.9 Å². The Balaban J connectivity index is 1.78. The Hall–Kier alpha value is -0.610. The molecule has 1 aliphatic heterocycles. The van der Waals surface area contributed by atoms with Crippen LogP contribution in [0.25, 0.3) is 0 Å². The summed E-state index contributed by atoms with van der Waals surface area (Å²) < 4.78 is 0. The summed E-state index contributed by atoms with van der Waals surface area (Å²) in [5.74, 6) is 0. The number of hydrogen-bond acceptors (Lipinski definition) is 3. The third-order valence-corrected chi connectivity index (χ3v) is 7.06. The Kier molecular flexibility index (Phi) is 7.61. The van der Waals surface area contributed by atoms with Gasteiger partial charge in [-0.1, -0.05) is 37.6 Å². The molecule has 0 bridgehead atoms. The quantitative estimate of drug-likeness (QED) is 0.657. The highest BCUT2D eigenvalue weighted by molar-refractivity contribution is 6.30. The molecule has 0 atom stereocenters. The summed E-state index contributed by atoms with van der Waals surface area (Å²) >= 11 is 6.21. The van der Waals surface area contributed by atoms with E-state index in [1.165, 1.54) is 83.4 Å². The molecule has 27 heavy (non-hydrogen) atoms. The van der Waals surface area contributed by atoms with Crippen LogP contribution in [0.3, 0.4) is 0 Å². The minimum atomic E-state index is 0.194. The summed E-state index contributed by atoms with van der Waals surface area (Å²) in [7, 11) is 2.25. The van der Waals surface area contributed by atoms with Gasteiger partial charge in [-0.2, -0.15) is 0 Å². The number of halogens is 1. The molecule has 1 aromatic carbocycles. The molecule has 1 aromatic rings. The van der Waals surface area contributed by atoms with Gasteiger partial charge in [0.05, 0.1) is 0 Å². The summed E-state index contributed by atoms with van der Waals surface area (Å²) in [5, 5.41) is 0.845. The third-order valence-electron chi connectivity index (χ3n) is 6.81. The summed E-state index contributed by atoms with van der Waals surface area (Å²) in [6, 6.07) is 9.51. The maximum Gasteiger partial charge on any atom is 0.0461 e. The molecule has 0 N–H and O–H groups in total. The Morgan fingerprint density at radius 3 is 2.04 bits per heavy atom. The fourth-order valence-electron chi connectivity index (χ4n) is 5.26. The van der Waals surface area contributed by atoms with Crippen molar-refractivity contribution in [3.8, 4) is 0 Å². The maximum atomic E-state index is 6.21. The molecular formula is C23H38ClN3. The number of hydrogen-bond donors (Lipinski definition) is 0. The number of likely N-dealkylation sites (N-methyl/N-ethyl adjacent to an activating group) is 1. The van der Waals surface area contributed by atoms with Crippen molar-refractivity contribution in [1.29, 1.82) is 0 Å². The van der Waals surface area contributed by atoms with Crippen LogP contribution in [-0.2, 0) is 5.54 Å². The van der Waals surface area contributed by atoms with Crippen molar-refractivity contribution in [1.82, 2.24) is 14.7 Å². The summed E-state index contributed by atoms with van der Waals surface area (Å²) in [4.78, 5) is 8.01. The van der Waals surface area contributed by atoms with Gasteiger partial charge in [0.15, 0.2) is 0 Å². The van der Waals surface area contributed by atoms with Crippen molar-refractivity contribution < 1.29 is 0 Å². The molecule has 152 valence electrons. The monoisotopic (exact) mass is 391 g/mol. The zero-order valence-electron chi connectivity index (χ0n) is 17.6. The zero-order valence-corrected chi connectivity index (χ0v) is 18.3. The van der Waals surface area contributed by atoms with Crippen LogP contribution in [-0.4, -0.2) is 67.1 Å². The van der Waals surface area contributed by atoms with E-state index < -0.39 is 0 Å². The minimum Gasteiger partial charge on any atom is -0.304 e. The van der Waals surface area contributed by atoms with Gasteiger partial charge in [-0.05, 0) is 76.4 Å². The van der Waals surface area contributed by atoms with Crippen LogP contribution in [0.2, 0.25) is 5.02 Å². The molecule has 1 heterocycles. The van der Waals surface area contributed by atoms with Crippen LogP contribution in [0.5, 0.6) is 0 Å². The molecule has 1 saturated carbocycles. The third kappa shape index (κ3) is 4.87. The highest BCUT2D eigenvalue weighted by Crippen LogP contribution is 2.44. The van der Waals surface area contributed by atoms with Gasteiger partial charge < -0.3 is 4.90 Å². The lowest BCUT2D eigenvalue weighted by Crippen LogP contribution is -2.54. The lowest BCUT2D eigenvalue weighted by molar-refractivity contribution is 0.00599. The maximum absolute atomic E-state index is 6.21. The van der Waals surface area contributed by atoms with Crippen molar-refractivity contribution in [2.24, 2.45) is 0 Å². The smallest absolute Gasteiger partial charge is 0.0461 e. The van der Waals surface area contributed by atoms with Crippen LogP contribution in [0.4, 0.5) is 0 Å². The van der Waals surface area contributed by atoms with Crippen LogP contribution in [0, 0.1) is 0 Å². The fraction of sp³-hybridized carbons (Fsp3) is 0.739. The normalized spacial score (nSPS) is 28.0. The average molecular weight is 392 g/mol. The first kappa shape index (κ1) is 21.1. The van der Waals surface area contributed by atoms with Gasteiger partial charge in [0.2, 0.25) is 0 Å². The molecule has 0 unspecified atom stereocenters. The second-order valence-corrected chi connectivity index (χ2v) is 9.03. The van der Waals surface area contributed by atoms with Crippen LogP contribution in [0.15, 0.2) is 24.3 Å². The number of rotatable bonds is 7. The SMILES string of the molecule is CCCN(CCC)C1(c2ccc(Cl)cc2)CCC(N2CCN(C)CC2)CC1. The Morgan fingerprint density at radius 2 is 1.52 bits per heavy atom. The molecule has 0 amide bonds. The first-order valence-corrected chi connectivity index (χ1v) is 11.4. The first-order chi connectivity index (χ1) is 13.1. The summed E-state index contributed by atoms with van der Waals surface area (Å²) in [5.41, 5.74) is 1.67. The molecule has 1 saturated heterocycles. The van der Waals surface area contributed by atoms with Gasteiger partial charge in [0.25, 0.3) is 0 Å². The van der Waals surface area contributed by atoms with E-state index in [1.807, 2.05) is 0 Å². The molecule has 3 nitrogen and oxygen atoms in total. The highest BCUT2D eigenvalue weighted by Gasteiger charge is 2.42. The molecular weight excluding hydrogens is 354 g/mol. The van der Waals surface area contributed by atoms with Gasteiger partial charge in [0.1, 0.15) is 0 Å². The van der Waals surface area contributed by atoms with Crippen molar-refractivity contribution in [2.75, 3.05) is 46.3 Å². The van der Waals surface area contributed by atoms with E-state index in [2.05, 4.69) is 59.9 Å². The highest BCUT2D eigenvalue weighted by atomic mass is 35.5. The average Bonchev–Trinajstić information content (AvgIpc) is 2.69. The predicted molar refractivity (Wildman–Crippen MR) is 117 cm³/mol. The van der Waals surface area contributed by atoms with Gasteiger partial charge in [-0.25, -0.2) is 0 Å². The van der Waals surface area contributed by atoms with Gasteiger partial charge in [0, 0.05) is 42.8 Å². The van der Waals surface area contributed by atoms with E-state index in [0.29, 0.717) is 0 Å². The predicted octanol–water partition coefficient (Wildman–Crippen LogP) is 4.85. The van der Waals surface area contributed by atoms with Crippen LogP contribution < -0.4 is 0 Å². The Labute approximate surface area is 171 Å². The topological polar surface area (TPSA) is 9.72 Å². The standard InChI is InChI=1S/C23H38ClN3/c1-4-14-27(15-5-2)23(20-6-8-21(24)9-7-20)12-10-22(11-13-23)26-18-16-25(3)17-19-26/h6-9,22H,4-5,10-19H2,1-3H3. The zero-order chi connectivity index (χ0) is 19.3. The van der Waals surface area contributed by atoms with E-state index in [9.17, 15) is 0 Å². The largest absolute Gasteiger partial charge is 0.304 e. The second-order valence-electron chi connectivity index (χ2n) is 8.60. The lowest BCUT2D eigenvalue weighted by Gasteiger charge is -2.51. The van der Waals surface area contributed by atoms with Crippen molar-refractivity contribution in [2.45, 2.75) is 64.0 Å². The van der Waals surface area contributed by atoms with E-state index in [-0.39, 0.29) is 5.54 Å². The van der Waals surface area contributed by atoms with E-state index in [1.54, 1.807) is 0 Å². The Bertz CT molecular complexity index is 551. The second kappa shape index (κ2) is 9.73. The van der Waals surface area contributed by atoms with Gasteiger partial charge in [-0.3, -0.25) is 9.80 Å². The van der Waals surface area contributed by atoms with E-state index >= 15 is 0 Å². The molecule has 0 aromatic heterocycles. The van der Waals surface area contributed by atoms with Crippen molar-refractivity contribution in [3.63, 3.8) is 0 Å². The van der Waals surface area contributed by atoms with E-state index in [4.69, 9.17) is 11.6 Å². The number of benzene rings is 1. The molecule has 0 spiro atoms. The lowest BCUT2D eigenvalue weighted by atomic mass is 9.73.